The molecule has 1 heterocycles. The van der Waals surface area contributed by atoms with Crippen LogP contribution in [0.5, 0.6) is 11.5 Å². The van der Waals surface area contributed by atoms with E-state index in [1.54, 1.807) is 37.3 Å². The SMILES string of the molecule is CC(Oc1ccc(OCc2ccccc2)cc1)C(=O)N/N=C/c1cc2ccccc2[nH]c1=O. The number of amides is 1. The molecule has 7 heteroatoms. The third-order valence-corrected chi connectivity index (χ3v) is 4.91. The lowest BCUT2D eigenvalue weighted by Gasteiger charge is -2.13. The maximum absolute atomic E-state index is 12.3. The summed E-state index contributed by atoms with van der Waals surface area (Å²) in [6.07, 6.45) is 0.530. The molecule has 0 aliphatic heterocycles. The average Bonchev–Trinajstić information content (AvgIpc) is 2.84. The summed E-state index contributed by atoms with van der Waals surface area (Å²) in [5, 5.41) is 4.77. The molecule has 0 fully saturated rings. The second-order valence-corrected chi connectivity index (χ2v) is 7.38. The molecular formula is C26H23N3O4. The maximum Gasteiger partial charge on any atom is 0.280 e. The van der Waals surface area contributed by atoms with Crippen molar-refractivity contribution in [3.8, 4) is 11.5 Å². The standard InChI is InChI=1S/C26H23N3O4/c1-18(33-23-13-11-22(12-14-23)32-17-19-7-3-2-4-8-19)25(30)29-27-16-21-15-20-9-5-6-10-24(20)28-26(21)31/h2-16,18H,17H2,1H3,(H,28,31)(H,29,30)/b27-16+. The number of hydrogen-bond acceptors (Lipinski definition) is 5. The largest absolute Gasteiger partial charge is 0.489 e. The average molecular weight is 441 g/mol. The van der Waals surface area contributed by atoms with Gasteiger partial charge in [0, 0.05) is 5.52 Å². The molecule has 4 aromatic rings. The van der Waals surface area contributed by atoms with Crippen molar-refractivity contribution in [2.24, 2.45) is 5.10 Å². The van der Waals surface area contributed by atoms with Gasteiger partial charge in [-0.25, -0.2) is 5.43 Å². The number of rotatable bonds is 8. The predicted molar refractivity (Wildman–Crippen MR) is 128 cm³/mol. The predicted octanol–water partition coefficient (Wildman–Crippen LogP) is 4.02. The van der Waals surface area contributed by atoms with Crippen LogP contribution in [0.25, 0.3) is 10.9 Å². The Kier molecular flexibility index (Phi) is 6.80. The molecule has 0 aliphatic carbocycles. The van der Waals surface area contributed by atoms with Crippen molar-refractivity contribution in [2.45, 2.75) is 19.6 Å². The molecule has 33 heavy (non-hydrogen) atoms. The van der Waals surface area contributed by atoms with Crippen LogP contribution < -0.4 is 20.5 Å². The van der Waals surface area contributed by atoms with E-state index < -0.39 is 12.0 Å². The van der Waals surface area contributed by atoms with Crippen molar-refractivity contribution >= 4 is 23.0 Å². The number of hydrazone groups is 1. The number of hydrogen-bond donors (Lipinski definition) is 2. The Hall–Kier alpha value is -4.39. The van der Waals surface area contributed by atoms with Gasteiger partial charge in [-0.15, -0.1) is 0 Å². The molecule has 1 amide bonds. The van der Waals surface area contributed by atoms with Crippen molar-refractivity contribution in [2.75, 3.05) is 0 Å². The van der Waals surface area contributed by atoms with Gasteiger partial charge in [0.25, 0.3) is 11.5 Å². The molecule has 1 atom stereocenters. The summed E-state index contributed by atoms with van der Waals surface area (Å²) in [4.78, 5) is 27.2. The number of ether oxygens (including phenoxy) is 2. The first-order valence-corrected chi connectivity index (χ1v) is 10.5. The van der Waals surface area contributed by atoms with Crippen LogP contribution >= 0.6 is 0 Å². The molecule has 0 spiro atoms. The molecule has 4 rings (SSSR count). The number of carbonyl (C=O) groups is 1. The van der Waals surface area contributed by atoms with Gasteiger partial charge in [0.05, 0.1) is 11.8 Å². The monoisotopic (exact) mass is 441 g/mol. The number of aromatic amines is 1. The topological polar surface area (TPSA) is 92.8 Å². The summed E-state index contributed by atoms with van der Waals surface area (Å²) >= 11 is 0. The molecule has 0 bridgehead atoms. The van der Waals surface area contributed by atoms with E-state index in [1.807, 2.05) is 54.6 Å². The van der Waals surface area contributed by atoms with Crippen molar-refractivity contribution in [1.29, 1.82) is 0 Å². The van der Waals surface area contributed by atoms with E-state index in [0.29, 0.717) is 23.7 Å². The fraction of sp³-hybridized carbons (Fsp3) is 0.115. The second-order valence-electron chi connectivity index (χ2n) is 7.38. The molecule has 0 saturated heterocycles. The van der Waals surface area contributed by atoms with Crippen molar-refractivity contribution in [3.05, 3.63) is 106 Å². The third kappa shape index (κ3) is 5.86. The van der Waals surface area contributed by atoms with Crippen LogP contribution in [0.4, 0.5) is 0 Å². The summed E-state index contributed by atoms with van der Waals surface area (Å²) in [6, 6.07) is 26.1. The number of benzene rings is 3. The minimum Gasteiger partial charge on any atom is -0.489 e. The number of pyridine rings is 1. The van der Waals surface area contributed by atoms with E-state index in [4.69, 9.17) is 9.47 Å². The van der Waals surface area contributed by atoms with Gasteiger partial charge in [-0.05, 0) is 54.3 Å². The lowest BCUT2D eigenvalue weighted by molar-refractivity contribution is -0.127. The minimum absolute atomic E-state index is 0.287. The van der Waals surface area contributed by atoms with Crippen LogP contribution in [0, 0.1) is 0 Å². The van der Waals surface area contributed by atoms with Gasteiger partial charge >= 0.3 is 0 Å². The van der Waals surface area contributed by atoms with Gasteiger partial charge in [-0.1, -0.05) is 48.5 Å². The van der Waals surface area contributed by atoms with E-state index in [1.165, 1.54) is 6.21 Å². The molecule has 1 unspecified atom stereocenters. The van der Waals surface area contributed by atoms with Crippen LogP contribution in [-0.4, -0.2) is 23.2 Å². The van der Waals surface area contributed by atoms with Gasteiger partial charge in [0.15, 0.2) is 6.10 Å². The number of nitrogens with zero attached hydrogens (tertiary/aromatic N) is 1. The smallest absolute Gasteiger partial charge is 0.280 e. The number of aromatic nitrogens is 1. The highest BCUT2D eigenvalue weighted by molar-refractivity contribution is 5.88. The normalized spacial score (nSPS) is 11.9. The lowest BCUT2D eigenvalue weighted by Crippen LogP contribution is -2.33. The molecule has 7 nitrogen and oxygen atoms in total. The Labute approximate surface area is 190 Å². The summed E-state index contributed by atoms with van der Waals surface area (Å²) in [7, 11) is 0. The lowest BCUT2D eigenvalue weighted by atomic mass is 10.2. The Morgan fingerprint density at radius 1 is 1.00 bits per heavy atom. The fourth-order valence-corrected chi connectivity index (χ4v) is 3.13. The first-order chi connectivity index (χ1) is 16.1. The zero-order valence-electron chi connectivity index (χ0n) is 18.0. The highest BCUT2D eigenvalue weighted by Gasteiger charge is 2.14. The highest BCUT2D eigenvalue weighted by Crippen LogP contribution is 2.19. The molecule has 166 valence electrons. The summed E-state index contributed by atoms with van der Waals surface area (Å²) < 4.78 is 11.4. The molecule has 0 saturated carbocycles. The van der Waals surface area contributed by atoms with E-state index >= 15 is 0 Å². The molecule has 2 N–H and O–H groups in total. The Morgan fingerprint density at radius 2 is 1.70 bits per heavy atom. The molecule has 0 radical (unpaired) electrons. The van der Waals surface area contributed by atoms with Crippen molar-refractivity contribution < 1.29 is 14.3 Å². The first-order valence-electron chi connectivity index (χ1n) is 10.5. The van der Waals surface area contributed by atoms with Crippen molar-refractivity contribution in [1.82, 2.24) is 10.4 Å². The van der Waals surface area contributed by atoms with Gasteiger partial charge in [0.2, 0.25) is 0 Å². The third-order valence-electron chi connectivity index (χ3n) is 4.91. The Bertz CT molecular complexity index is 1310. The quantitative estimate of drug-likeness (QED) is 0.319. The van der Waals surface area contributed by atoms with Gasteiger partial charge in [-0.2, -0.15) is 5.10 Å². The maximum atomic E-state index is 12.3. The van der Waals surface area contributed by atoms with Gasteiger partial charge in [-0.3, -0.25) is 9.59 Å². The minimum atomic E-state index is -0.784. The summed E-state index contributed by atoms with van der Waals surface area (Å²) in [5.74, 6) is 0.793. The number of para-hydroxylation sites is 1. The molecular weight excluding hydrogens is 418 g/mol. The van der Waals surface area contributed by atoms with E-state index in [0.717, 1.165) is 16.5 Å². The van der Waals surface area contributed by atoms with Gasteiger partial charge < -0.3 is 14.5 Å². The Balaban J connectivity index is 1.29. The number of carbonyl (C=O) groups excluding carboxylic acids is 1. The number of H-pyrrole nitrogens is 1. The Morgan fingerprint density at radius 3 is 2.48 bits per heavy atom. The van der Waals surface area contributed by atoms with Crippen LogP contribution in [0.2, 0.25) is 0 Å². The van der Waals surface area contributed by atoms with Crippen LogP contribution in [0.3, 0.4) is 0 Å². The van der Waals surface area contributed by atoms with E-state index in [2.05, 4.69) is 15.5 Å². The van der Waals surface area contributed by atoms with E-state index in [9.17, 15) is 9.59 Å². The molecule has 0 aliphatic rings. The van der Waals surface area contributed by atoms with Crippen LogP contribution in [0.15, 0.2) is 94.8 Å². The molecule has 3 aromatic carbocycles. The number of fused-ring (bicyclic) bond motifs is 1. The summed E-state index contributed by atoms with van der Waals surface area (Å²) in [5.41, 5.74) is 4.28. The number of nitrogens with one attached hydrogen (secondary N) is 2. The van der Waals surface area contributed by atoms with Crippen LogP contribution in [-0.2, 0) is 11.4 Å². The summed E-state index contributed by atoms with van der Waals surface area (Å²) in [6.45, 7) is 2.09. The first kappa shape index (κ1) is 21.8. The fourth-order valence-electron chi connectivity index (χ4n) is 3.13. The zero-order valence-corrected chi connectivity index (χ0v) is 18.0. The molecule has 1 aromatic heterocycles. The van der Waals surface area contributed by atoms with Crippen LogP contribution in [0.1, 0.15) is 18.1 Å². The highest BCUT2D eigenvalue weighted by atomic mass is 16.5. The second kappa shape index (κ2) is 10.3. The van der Waals surface area contributed by atoms with Gasteiger partial charge in [0.1, 0.15) is 18.1 Å². The van der Waals surface area contributed by atoms with E-state index in [-0.39, 0.29) is 5.56 Å². The van der Waals surface area contributed by atoms with Crippen molar-refractivity contribution in [3.63, 3.8) is 0 Å². The zero-order chi connectivity index (χ0) is 23.0.